The van der Waals surface area contributed by atoms with Crippen molar-refractivity contribution in [2.24, 2.45) is 0 Å². The van der Waals surface area contributed by atoms with Crippen LogP contribution in [-0.2, 0) is 4.74 Å². The van der Waals surface area contributed by atoms with E-state index in [2.05, 4.69) is 10.3 Å². The van der Waals surface area contributed by atoms with E-state index < -0.39 is 0 Å². The van der Waals surface area contributed by atoms with E-state index in [1.807, 2.05) is 37.3 Å². The number of carbonyl (C=O) groups is 1. The fraction of sp³-hybridized carbons (Fsp3) is 0.375. The molecule has 1 atom stereocenters. The maximum atomic E-state index is 12.5. The van der Waals surface area contributed by atoms with Crippen molar-refractivity contribution in [2.45, 2.75) is 19.4 Å². The van der Waals surface area contributed by atoms with E-state index >= 15 is 0 Å². The number of nitrogens with zero attached hydrogens (tertiary/aromatic N) is 1. The van der Waals surface area contributed by atoms with Crippen molar-refractivity contribution >= 4 is 28.4 Å². The molecule has 1 unspecified atom stereocenters. The van der Waals surface area contributed by atoms with Crippen molar-refractivity contribution in [2.75, 3.05) is 19.6 Å². The van der Waals surface area contributed by atoms with Crippen LogP contribution in [0.5, 0.6) is 0 Å². The molecule has 0 bridgehead atoms. The lowest BCUT2D eigenvalue weighted by Gasteiger charge is -2.17. The Hall–Kier alpha value is -1.65. The largest absolute Gasteiger partial charge is 0.383 e. The second kappa shape index (κ2) is 7.38. The number of benzene rings is 1. The van der Waals surface area contributed by atoms with Gasteiger partial charge < -0.3 is 10.1 Å². The van der Waals surface area contributed by atoms with E-state index in [4.69, 9.17) is 16.3 Å². The molecule has 1 heterocycles. The summed E-state index contributed by atoms with van der Waals surface area (Å²) in [5.41, 5.74) is 2.27. The molecule has 5 heteroatoms. The molecule has 21 heavy (non-hydrogen) atoms. The Morgan fingerprint density at radius 1 is 1.43 bits per heavy atom. The highest BCUT2D eigenvalue weighted by Gasteiger charge is 2.16. The Kier molecular flexibility index (Phi) is 5.53. The predicted molar refractivity (Wildman–Crippen MR) is 84.9 cm³/mol. The second-order valence-electron chi connectivity index (χ2n) is 4.93. The number of hydrogen-bond acceptors (Lipinski definition) is 3. The minimum Gasteiger partial charge on any atom is -0.383 e. The number of aryl methyl sites for hydroxylation is 1. The second-order valence-corrected chi connectivity index (χ2v) is 5.31. The molecule has 1 amide bonds. The summed E-state index contributed by atoms with van der Waals surface area (Å²) in [6, 6.07) is 9.35. The molecular formula is C16H19ClN2O2. The highest BCUT2D eigenvalue weighted by Crippen LogP contribution is 2.18. The van der Waals surface area contributed by atoms with Crippen LogP contribution in [-0.4, -0.2) is 36.5 Å². The van der Waals surface area contributed by atoms with Crippen LogP contribution in [0.15, 0.2) is 30.3 Å². The molecule has 0 radical (unpaired) electrons. The zero-order chi connectivity index (χ0) is 15.2. The van der Waals surface area contributed by atoms with Gasteiger partial charge in [0.05, 0.1) is 23.7 Å². The highest BCUT2D eigenvalue weighted by molar-refractivity contribution is 6.17. The number of amides is 1. The Balaban J connectivity index is 2.30. The average molecular weight is 307 g/mol. The van der Waals surface area contributed by atoms with E-state index in [-0.39, 0.29) is 11.9 Å². The number of methoxy groups -OCH3 is 1. The van der Waals surface area contributed by atoms with E-state index in [9.17, 15) is 4.79 Å². The van der Waals surface area contributed by atoms with Crippen molar-refractivity contribution in [3.63, 3.8) is 0 Å². The number of alkyl halides is 1. The summed E-state index contributed by atoms with van der Waals surface area (Å²) in [5, 5.41) is 3.83. The number of rotatable bonds is 6. The van der Waals surface area contributed by atoms with Crippen molar-refractivity contribution in [3.05, 3.63) is 41.6 Å². The number of carbonyl (C=O) groups excluding carboxylic acids is 1. The van der Waals surface area contributed by atoms with E-state index in [1.165, 1.54) is 0 Å². The number of nitrogens with one attached hydrogen (secondary N) is 1. The lowest BCUT2D eigenvalue weighted by Crippen LogP contribution is -2.38. The van der Waals surface area contributed by atoms with Crippen LogP contribution >= 0.6 is 11.6 Å². The first-order valence-corrected chi connectivity index (χ1v) is 7.41. The summed E-state index contributed by atoms with van der Waals surface area (Å²) in [6.45, 7) is 2.33. The van der Waals surface area contributed by atoms with Gasteiger partial charge in [0.25, 0.3) is 5.91 Å². The Morgan fingerprint density at radius 3 is 2.90 bits per heavy atom. The summed E-state index contributed by atoms with van der Waals surface area (Å²) in [4.78, 5) is 17.0. The number of hydrogen-bond donors (Lipinski definition) is 1. The number of para-hydroxylation sites is 1. The van der Waals surface area contributed by atoms with E-state index in [0.717, 1.165) is 16.6 Å². The van der Waals surface area contributed by atoms with E-state index in [0.29, 0.717) is 24.5 Å². The molecule has 0 spiro atoms. The number of ether oxygens (including phenoxy) is 1. The summed E-state index contributed by atoms with van der Waals surface area (Å²) in [5.74, 6) is 0.355. The van der Waals surface area contributed by atoms with Gasteiger partial charge in [-0.05, 0) is 25.5 Å². The van der Waals surface area contributed by atoms with Gasteiger partial charge in [0.1, 0.15) is 0 Å². The quantitative estimate of drug-likeness (QED) is 0.835. The van der Waals surface area contributed by atoms with Crippen LogP contribution in [0, 0.1) is 6.92 Å². The summed E-state index contributed by atoms with van der Waals surface area (Å²) < 4.78 is 5.12. The third-order valence-electron chi connectivity index (χ3n) is 3.25. The molecule has 0 saturated heterocycles. The van der Waals surface area contributed by atoms with Gasteiger partial charge in [-0.1, -0.05) is 18.2 Å². The first-order valence-electron chi connectivity index (χ1n) is 6.88. The van der Waals surface area contributed by atoms with Crippen LogP contribution in [0.4, 0.5) is 0 Å². The topological polar surface area (TPSA) is 51.2 Å². The molecule has 0 saturated carbocycles. The van der Waals surface area contributed by atoms with Crippen LogP contribution < -0.4 is 5.32 Å². The maximum Gasteiger partial charge on any atom is 0.252 e. The highest BCUT2D eigenvalue weighted by atomic mass is 35.5. The smallest absolute Gasteiger partial charge is 0.252 e. The van der Waals surface area contributed by atoms with Gasteiger partial charge in [0.2, 0.25) is 0 Å². The van der Waals surface area contributed by atoms with Crippen molar-refractivity contribution < 1.29 is 9.53 Å². The standard InChI is InChI=1S/C16H19ClN2O2/c1-11-9-14(13-5-3-4-6-15(13)18-11)16(20)19-12(7-8-17)10-21-2/h3-6,9,12H,7-8,10H2,1-2H3,(H,19,20). The monoisotopic (exact) mass is 306 g/mol. The molecule has 0 fully saturated rings. The molecule has 1 aromatic carbocycles. The third-order valence-corrected chi connectivity index (χ3v) is 3.47. The predicted octanol–water partition coefficient (Wildman–Crippen LogP) is 2.92. The fourth-order valence-corrected chi connectivity index (χ4v) is 2.55. The Labute approximate surface area is 129 Å². The molecular weight excluding hydrogens is 288 g/mol. The zero-order valence-corrected chi connectivity index (χ0v) is 13.0. The summed E-state index contributed by atoms with van der Waals surface area (Å²) >= 11 is 5.76. The molecule has 2 rings (SSSR count). The Bertz CT molecular complexity index is 625. The van der Waals surface area contributed by atoms with Crippen LogP contribution in [0.1, 0.15) is 22.5 Å². The zero-order valence-electron chi connectivity index (χ0n) is 12.2. The Morgan fingerprint density at radius 2 is 2.19 bits per heavy atom. The first-order chi connectivity index (χ1) is 10.2. The van der Waals surface area contributed by atoms with Crippen LogP contribution in [0.2, 0.25) is 0 Å². The molecule has 4 nitrogen and oxygen atoms in total. The molecule has 0 aliphatic carbocycles. The van der Waals surface area contributed by atoms with Gasteiger partial charge in [-0.25, -0.2) is 0 Å². The lowest BCUT2D eigenvalue weighted by atomic mass is 10.1. The van der Waals surface area contributed by atoms with Gasteiger partial charge in [-0.2, -0.15) is 0 Å². The SMILES string of the molecule is COCC(CCCl)NC(=O)c1cc(C)nc2ccccc12. The fourth-order valence-electron chi connectivity index (χ4n) is 2.29. The van der Waals surface area contributed by atoms with Crippen LogP contribution in [0.3, 0.4) is 0 Å². The average Bonchev–Trinajstić information content (AvgIpc) is 2.46. The van der Waals surface area contributed by atoms with Gasteiger partial charge in [-0.15, -0.1) is 11.6 Å². The van der Waals surface area contributed by atoms with Gasteiger partial charge in [0.15, 0.2) is 0 Å². The van der Waals surface area contributed by atoms with Gasteiger partial charge >= 0.3 is 0 Å². The van der Waals surface area contributed by atoms with Crippen LogP contribution in [0.25, 0.3) is 10.9 Å². The normalized spacial score (nSPS) is 12.3. The number of aromatic nitrogens is 1. The molecule has 0 aliphatic rings. The first kappa shape index (κ1) is 15.7. The minimum atomic E-state index is -0.121. The molecule has 0 aliphatic heterocycles. The molecule has 1 aromatic heterocycles. The van der Waals surface area contributed by atoms with Crippen molar-refractivity contribution in [1.29, 1.82) is 0 Å². The number of fused-ring (bicyclic) bond motifs is 1. The molecule has 112 valence electrons. The summed E-state index contributed by atoms with van der Waals surface area (Å²) in [7, 11) is 1.61. The van der Waals surface area contributed by atoms with Gasteiger partial charge in [0, 0.05) is 24.1 Å². The number of pyridine rings is 1. The van der Waals surface area contributed by atoms with E-state index in [1.54, 1.807) is 7.11 Å². The van der Waals surface area contributed by atoms with Gasteiger partial charge in [-0.3, -0.25) is 9.78 Å². The van der Waals surface area contributed by atoms with Crippen molar-refractivity contribution in [3.8, 4) is 0 Å². The summed E-state index contributed by atoms with van der Waals surface area (Å²) in [6.07, 6.45) is 0.670. The molecule has 1 N–H and O–H groups in total. The lowest BCUT2D eigenvalue weighted by molar-refractivity contribution is 0.0896. The van der Waals surface area contributed by atoms with Crippen molar-refractivity contribution in [1.82, 2.24) is 10.3 Å². The third kappa shape index (κ3) is 3.93. The maximum absolute atomic E-state index is 12.5. The minimum absolute atomic E-state index is 0.0905. The number of halogens is 1. The molecule has 2 aromatic rings.